The second-order valence-electron chi connectivity index (χ2n) is 6.84. The van der Waals surface area contributed by atoms with Gasteiger partial charge in [0.25, 0.3) is 0 Å². The Morgan fingerprint density at radius 3 is 2.77 bits per heavy atom. The van der Waals surface area contributed by atoms with E-state index < -0.39 is 0 Å². The lowest BCUT2D eigenvalue weighted by Gasteiger charge is -2.41. The summed E-state index contributed by atoms with van der Waals surface area (Å²) in [6, 6.07) is 9.71. The summed E-state index contributed by atoms with van der Waals surface area (Å²) >= 11 is 0. The Hall–Kier alpha value is -2.44. The van der Waals surface area contributed by atoms with E-state index in [9.17, 15) is 4.79 Å². The third kappa shape index (κ3) is 4.39. The van der Waals surface area contributed by atoms with Crippen LogP contribution >= 0.6 is 0 Å². The van der Waals surface area contributed by atoms with Gasteiger partial charge in [0.05, 0.1) is 24.9 Å². The Balaban J connectivity index is 1.84. The molecule has 1 aliphatic rings. The van der Waals surface area contributed by atoms with E-state index in [0.717, 1.165) is 17.7 Å². The minimum absolute atomic E-state index is 0.00485. The first kappa shape index (κ1) is 18.4. The van der Waals surface area contributed by atoms with Crippen LogP contribution in [0.2, 0.25) is 0 Å². The SMILES string of the molecule is CN(C)C[C@@H]1OCCN(C(=O)/C=C/c2ccccc2)[C@H]1c1cnn(C)c1. The molecule has 2 atom stereocenters. The van der Waals surface area contributed by atoms with Crippen LogP contribution < -0.4 is 0 Å². The molecule has 0 aliphatic carbocycles. The van der Waals surface area contributed by atoms with E-state index in [1.165, 1.54) is 0 Å². The Morgan fingerprint density at radius 1 is 1.35 bits per heavy atom. The molecule has 0 spiro atoms. The number of benzene rings is 1. The van der Waals surface area contributed by atoms with Crippen LogP contribution in [0, 0.1) is 0 Å². The van der Waals surface area contributed by atoms with Gasteiger partial charge in [-0.1, -0.05) is 30.3 Å². The number of morpholine rings is 1. The number of nitrogens with zero attached hydrogens (tertiary/aromatic N) is 4. The Labute approximate surface area is 154 Å². The monoisotopic (exact) mass is 354 g/mol. The van der Waals surface area contributed by atoms with E-state index in [1.54, 1.807) is 10.8 Å². The van der Waals surface area contributed by atoms with Crippen molar-refractivity contribution in [1.82, 2.24) is 19.6 Å². The van der Waals surface area contributed by atoms with Crippen LogP contribution in [0.15, 0.2) is 48.8 Å². The van der Waals surface area contributed by atoms with Gasteiger partial charge in [0.1, 0.15) is 0 Å². The number of amides is 1. The lowest BCUT2D eigenvalue weighted by Crippen LogP contribution is -2.50. The lowest BCUT2D eigenvalue weighted by atomic mass is 10.00. The number of carbonyl (C=O) groups excluding carboxylic acids is 1. The highest BCUT2D eigenvalue weighted by molar-refractivity contribution is 5.92. The van der Waals surface area contributed by atoms with Gasteiger partial charge in [-0.15, -0.1) is 0 Å². The van der Waals surface area contributed by atoms with Crippen LogP contribution in [0.1, 0.15) is 17.2 Å². The molecule has 1 fully saturated rings. The summed E-state index contributed by atoms with van der Waals surface area (Å²) in [5.41, 5.74) is 2.01. The Kier molecular flexibility index (Phi) is 5.85. The van der Waals surface area contributed by atoms with Gasteiger partial charge < -0.3 is 14.5 Å². The molecule has 1 aliphatic heterocycles. The molecule has 0 bridgehead atoms. The highest BCUT2D eigenvalue weighted by Crippen LogP contribution is 2.30. The van der Waals surface area contributed by atoms with Crippen LogP contribution in [-0.4, -0.2) is 65.4 Å². The topological polar surface area (TPSA) is 50.6 Å². The molecular weight excluding hydrogens is 328 g/mol. The second-order valence-corrected chi connectivity index (χ2v) is 6.84. The van der Waals surface area contributed by atoms with Crippen molar-refractivity contribution in [1.29, 1.82) is 0 Å². The second kappa shape index (κ2) is 8.29. The first-order valence-electron chi connectivity index (χ1n) is 8.83. The summed E-state index contributed by atoms with van der Waals surface area (Å²) < 4.78 is 7.77. The number of hydrogen-bond acceptors (Lipinski definition) is 4. The summed E-state index contributed by atoms with van der Waals surface area (Å²) in [6.45, 7) is 1.85. The predicted octanol–water partition coefficient (Wildman–Crippen LogP) is 1.96. The number of rotatable bonds is 5. The van der Waals surface area contributed by atoms with E-state index in [1.807, 2.05) is 74.8 Å². The zero-order valence-electron chi connectivity index (χ0n) is 15.6. The maximum atomic E-state index is 12.9. The van der Waals surface area contributed by atoms with Crippen LogP contribution in [0.5, 0.6) is 0 Å². The normalized spacial score (nSPS) is 20.8. The van der Waals surface area contributed by atoms with Gasteiger partial charge in [0.2, 0.25) is 5.91 Å². The van der Waals surface area contributed by atoms with Crippen LogP contribution in [0.4, 0.5) is 0 Å². The first-order chi connectivity index (χ1) is 12.5. The van der Waals surface area contributed by atoms with Crippen molar-refractivity contribution >= 4 is 12.0 Å². The van der Waals surface area contributed by atoms with Crippen molar-refractivity contribution in [3.8, 4) is 0 Å². The highest BCUT2D eigenvalue weighted by Gasteiger charge is 2.36. The van der Waals surface area contributed by atoms with Crippen LogP contribution in [0.25, 0.3) is 6.08 Å². The smallest absolute Gasteiger partial charge is 0.247 e. The van der Waals surface area contributed by atoms with E-state index in [0.29, 0.717) is 13.2 Å². The molecule has 2 aromatic rings. The number of likely N-dealkylation sites (N-methyl/N-ethyl adjacent to an activating group) is 1. The van der Waals surface area contributed by atoms with E-state index >= 15 is 0 Å². The van der Waals surface area contributed by atoms with E-state index in [2.05, 4.69) is 10.00 Å². The number of aryl methyl sites for hydroxylation is 1. The standard InChI is InChI=1S/C20H26N4O2/c1-22(2)15-18-20(17-13-21-23(3)14-17)24(11-12-26-18)19(25)10-9-16-7-5-4-6-8-16/h4-10,13-14,18,20H,11-12,15H2,1-3H3/b10-9+/t18-,20-/m0/s1. The van der Waals surface area contributed by atoms with Crippen LogP contribution in [0.3, 0.4) is 0 Å². The maximum absolute atomic E-state index is 12.9. The van der Waals surface area contributed by atoms with Crippen molar-refractivity contribution in [2.75, 3.05) is 33.8 Å². The number of aromatic nitrogens is 2. The third-order valence-electron chi connectivity index (χ3n) is 4.46. The average molecular weight is 354 g/mol. The van der Waals surface area contributed by atoms with E-state index in [-0.39, 0.29) is 18.1 Å². The fraction of sp³-hybridized carbons (Fsp3) is 0.400. The maximum Gasteiger partial charge on any atom is 0.247 e. The van der Waals surface area contributed by atoms with Crippen LogP contribution in [-0.2, 0) is 16.6 Å². The predicted molar refractivity (Wildman–Crippen MR) is 101 cm³/mol. The Bertz CT molecular complexity index is 754. The van der Waals surface area contributed by atoms with Crippen molar-refractivity contribution < 1.29 is 9.53 Å². The quantitative estimate of drug-likeness (QED) is 0.771. The van der Waals surface area contributed by atoms with Crippen molar-refractivity contribution in [3.05, 3.63) is 59.9 Å². The molecule has 1 saturated heterocycles. The highest BCUT2D eigenvalue weighted by atomic mass is 16.5. The minimum Gasteiger partial charge on any atom is -0.373 e. The van der Waals surface area contributed by atoms with Gasteiger partial charge >= 0.3 is 0 Å². The molecule has 3 rings (SSSR count). The van der Waals surface area contributed by atoms with Crippen molar-refractivity contribution in [2.24, 2.45) is 7.05 Å². The summed E-state index contributed by atoms with van der Waals surface area (Å²) in [6.07, 6.45) is 7.21. The zero-order valence-corrected chi connectivity index (χ0v) is 15.6. The molecule has 6 nitrogen and oxygen atoms in total. The molecule has 138 valence electrons. The Morgan fingerprint density at radius 2 is 2.12 bits per heavy atom. The summed E-state index contributed by atoms with van der Waals surface area (Å²) in [7, 11) is 5.91. The van der Waals surface area contributed by atoms with Crippen molar-refractivity contribution in [2.45, 2.75) is 12.1 Å². The summed E-state index contributed by atoms with van der Waals surface area (Å²) in [5, 5.41) is 4.28. The molecule has 1 amide bonds. The summed E-state index contributed by atoms with van der Waals surface area (Å²) in [5.74, 6) is -0.00485. The molecule has 1 aromatic heterocycles. The molecule has 0 unspecified atom stereocenters. The van der Waals surface area contributed by atoms with Gasteiger partial charge in [0.15, 0.2) is 0 Å². The van der Waals surface area contributed by atoms with Gasteiger partial charge in [-0.3, -0.25) is 9.48 Å². The molecule has 6 heteroatoms. The molecule has 1 aromatic carbocycles. The average Bonchev–Trinajstić information content (AvgIpc) is 3.06. The largest absolute Gasteiger partial charge is 0.373 e. The number of carbonyl (C=O) groups is 1. The molecular formula is C20H26N4O2. The molecule has 0 saturated carbocycles. The molecule has 2 heterocycles. The number of ether oxygens (including phenoxy) is 1. The summed E-state index contributed by atoms with van der Waals surface area (Å²) in [4.78, 5) is 16.9. The minimum atomic E-state index is -0.146. The molecule has 0 radical (unpaired) electrons. The van der Waals surface area contributed by atoms with Gasteiger partial charge in [-0.2, -0.15) is 5.10 Å². The fourth-order valence-electron chi connectivity index (χ4n) is 3.31. The number of hydrogen-bond donors (Lipinski definition) is 0. The van der Waals surface area contributed by atoms with Gasteiger partial charge in [0, 0.05) is 38.0 Å². The van der Waals surface area contributed by atoms with Gasteiger partial charge in [-0.25, -0.2) is 0 Å². The molecule has 0 N–H and O–H groups in total. The lowest BCUT2D eigenvalue weighted by molar-refractivity contribution is -0.142. The first-order valence-corrected chi connectivity index (χ1v) is 8.83. The molecule has 26 heavy (non-hydrogen) atoms. The third-order valence-corrected chi connectivity index (χ3v) is 4.46. The van der Waals surface area contributed by atoms with E-state index in [4.69, 9.17) is 4.74 Å². The van der Waals surface area contributed by atoms with Crippen molar-refractivity contribution in [3.63, 3.8) is 0 Å². The zero-order chi connectivity index (χ0) is 18.5. The van der Waals surface area contributed by atoms with Gasteiger partial charge in [-0.05, 0) is 25.7 Å². The fourth-order valence-corrected chi connectivity index (χ4v) is 3.31.